The van der Waals surface area contributed by atoms with Gasteiger partial charge in [0.2, 0.25) is 0 Å². The van der Waals surface area contributed by atoms with E-state index in [4.69, 9.17) is 8.83 Å². The number of para-hydroxylation sites is 2. The molecule has 12 rings (SSSR count). The molecule has 2 aliphatic carbocycles. The van der Waals surface area contributed by atoms with Crippen molar-refractivity contribution in [3.8, 4) is 27.9 Å². The van der Waals surface area contributed by atoms with E-state index in [1.54, 1.807) is 0 Å². The van der Waals surface area contributed by atoms with Gasteiger partial charge in [-0.1, -0.05) is 98.1 Å². The van der Waals surface area contributed by atoms with E-state index in [1.165, 1.54) is 86.9 Å². The third kappa shape index (κ3) is 3.73. The zero-order valence-electron chi connectivity index (χ0n) is 28.1. The highest BCUT2D eigenvalue weighted by Crippen LogP contribution is 2.57. The van der Waals surface area contributed by atoms with Crippen molar-refractivity contribution in [1.29, 1.82) is 0 Å². The molecule has 3 heteroatoms. The van der Waals surface area contributed by atoms with Gasteiger partial charge in [0.05, 0.1) is 11.0 Å². The Bertz CT molecular complexity index is 3070. The van der Waals surface area contributed by atoms with Crippen LogP contribution in [0.2, 0.25) is 0 Å². The van der Waals surface area contributed by atoms with Gasteiger partial charge in [0, 0.05) is 49.5 Å². The average Bonchev–Trinajstić information content (AvgIpc) is 3.91. The predicted molar refractivity (Wildman–Crippen MR) is 210 cm³/mol. The van der Waals surface area contributed by atoms with Crippen molar-refractivity contribution < 1.29 is 8.83 Å². The molecule has 0 radical (unpaired) electrons. The van der Waals surface area contributed by atoms with Gasteiger partial charge in [-0.25, -0.2) is 0 Å². The van der Waals surface area contributed by atoms with E-state index in [-0.39, 0.29) is 5.41 Å². The van der Waals surface area contributed by atoms with E-state index in [0.29, 0.717) is 0 Å². The van der Waals surface area contributed by atoms with Crippen molar-refractivity contribution in [2.24, 2.45) is 0 Å². The average molecular weight is 656 g/mol. The molecule has 3 aromatic heterocycles. The predicted octanol–water partition coefficient (Wildman–Crippen LogP) is 13.5. The fourth-order valence-corrected chi connectivity index (χ4v) is 9.88. The Balaban J connectivity index is 1.02. The lowest BCUT2D eigenvalue weighted by Gasteiger charge is -2.35. The van der Waals surface area contributed by atoms with E-state index in [2.05, 4.69) is 132 Å². The van der Waals surface area contributed by atoms with Crippen molar-refractivity contribution in [3.05, 3.63) is 151 Å². The molecule has 0 saturated heterocycles. The molecule has 0 aliphatic heterocycles. The van der Waals surface area contributed by atoms with Gasteiger partial charge in [0.1, 0.15) is 22.3 Å². The Morgan fingerprint density at radius 1 is 0.412 bits per heavy atom. The SMILES string of the molecule is c1ccc2c(c1)-c1cc3oc4cc(-c5ccc6c7ccccc7n(-c7ccc8c(c7)oc7ccccc78)c6c5)ccc4c3cc1C21CCCCC1. The van der Waals surface area contributed by atoms with Crippen LogP contribution in [0, 0.1) is 0 Å². The highest BCUT2D eigenvalue weighted by molar-refractivity contribution is 6.12. The molecule has 0 atom stereocenters. The molecule has 7 aromatic carbocycles. The van der Waals surface area contributed by atoms with E-state index in [0.717, 1.165) is 49.9 Å². The molecule has 0 bridgehead atoms. The lowest BCUT2D eigenvalue weighted by molar-refractivity contribution is 0.353. The summed E-state index contributed by atoms with van der Waals surface area (Å²) in [6.07, 6.45) is 6.38. The van der Waals surface area contributed by atoms with Gasteiger partial charge in [-0.15, -0.1) is 0 Å². The summed E-state index contributed by atoms with van der Waals surface area (Å²) in [6, 6.07) is 51.1. The Morgan fingerprint density at radius 2 is 1.06 bits per heavy atom. The van der Waals surface area contributed by atoms with Crippen LogP contribution in [0.15, 0.2) is 148 Å². The molecule has 2 aliphatic rings. The summed E-state index contributed by atoms with van der Waals surface area (Å²) in [6.45, 7) is 0. The van der Waals surface area contributed by atoms with Crippen LogP contribution in [0.5, 0.6) is 0 Å². The van der Waals surface area contributed by atoms with Crippen molar-refractivity contribution >= 4 is 65.7 Å². The first-order chi connectivity index (χ1) is 25.2. The summed E-state index contributed by atoms with van der Waals surface area (Å²) in [7, 11) is 0. The van der Waals surface area contributed by atoms with E-state index in [1.807, 2.05) is 12.1 Å². The Hall–Kier alpha value is -6.06. The van der Waals surface area contributed by atoms with Crippen molar-refractivity contribution in [2.45, 2.75) is 37.5 Å². The quantitative estimate of drug-likeness (QED) is 0.186. The van der Waals surface area contributed by atoms with Crippen LogP contribution in [0.3, 0.4) is 0 Å². The molecular weight excluding hydrogens is 623 g/mol. The number of aromatic nitrogens is 1. The second-order valence-electron chi connectivity index (χ2n) is 14.8. The summed E-state index contributed by atoms with van der Waals surface area (Å²) in [5.41, 5.74) is 15.4. The number of hydrogen-bond donors (Lipinski definition) is 0. The largest absolute Gasteiger partial charge is 0.456 e. The molecule has 3 nitrogen and oxygen atoms in total. The van der Waals surface area contributed by atoms with Crippen LogP contribution in [-0.4, -0.2) is 4.57 Å². The van der Waals surface area contributed by atoms with Gasteiger partial charge in [-0.2, -0.15) is 0 Å². The normalized spacial score (nSPS) is 15.2. The van der Waals surface area contributed by atoms with Gasteiger partial charge < -0.3 is 13.4 Å². The second kappa shape index (κ2) is 10.0. The molecule has 10 aromatic rings. The summed E-state index contributed by atoms with van der Waals surface area (Å²) in [5.74, 6) is 0. The molecule has 51 heavy (non-hydrogen) atoms. The second-order valence-corrected chi connectivity index (χ2v) is 14.8. The van der Waals surface area contributed by atoms with Crippen LogP contribution in [0.1, 0.15) is 43.2 Å². The Kier molecular flexibility index (Phi) is 5.45. The minimum Gasteiger partial charge on any atom is -0.456 e. The van der Waals surface area contributed by atoms with Crippen molar-refractivity contribution in [2.75, 3.05) is 0 Å². The summed E-state index contributed by atoms with van der Waals surface area (Å²) in [4.78, 5) is 0. The molecule has 1 spiro atoms. The first-order valence-electron chi connectivity index (χ1n) is 18.3. The van der Waals surface area contributed by atoms with E-state index in [9.17, 15) is 0 Å². The number of rotatable bonds is 2. The number of benzene rings is 7. The molecule has 0 amide bonds. The van der Waals surface area contributed by atoms with Crippen molar-refractivity contribution in [3.63, 3.8) is 0 Å². The van der Waals surface area contributed by atoms with Crippen LogP contribution in [-0.2, 0) is 5.41 Å². The minimum atomic E-state index is 0.130. The number of furan rings is 2. The van der Waals surface area contributed by atoms with Gasteiger partial charge in [-0.05, 0) is 101 Å². The number of fused-ring (bicyclic) bond motifs is 14. The first-order valence-corrected chi connectivity index (χ1v) is 18.3. The maximum absolute atomic E-state index is 6.71. The smallest absolute Gasteiger partial charge is 0.137 e. The third-order valence-electron chi connectivity index (χ3n) is 12.2. The zero-order valence-corrected chi connectivity index (χ0v) is 28.1. The maximum Gasteiger partial charge on any atom is 0.137 e. The van der Waals surface area contributed by atoms with Gasteiger partial charge in [-0.3, -0.25) is 0 Å². The van der Waals surface area contributed by atoms with Crippen LogP contribution in [0.4, 0.5) is 0 Å². The minimum absolute atomic E-state index is 0.130. The summed E-state index contributed by atoms with van der Waals surface area (Å²) >= 11 is 0. The molecule has 1 fully saturated rings. The topological polar surface area (TPSA) is 31.2 Å². The molecule has 3 heterocycles. The number of nitrogens with zero attached hydrogens (tertiary/aromatic N) is 1. The molecule has 242 valence electrons. The van der Waals surface area contributed by atoms with Crippen LogP contribution in [0.25, 0.3) is 93.6 Å². The molecular formula is C48H33NO2. The van der Waals surface area contributed by atoms with Crippen molar-refractivity contribution in [1.82, 2.24) is 4.57 Å². The van der Waals surface area contributed by atoms with Gasteiger partial charge in [0.25, 0.3) is 0 Å². The standard InChI is InChI=1S/C48H33NO2/c1-8-22-48(23-9-1)40-13-5-2-10-32(40)38-28-47-39(27-41(38)48)37-20-17-30(25-45(37)51-47)29-16-19-34-33-11-3-6-14-42(33)49(43(34)24-29)31-18-21-36-35-12-4-7-15-44(35)50-46(36)26-31/h2-7,10-21,24-28H,1,8-9,22-23H2. The summed E-state index contributed by atoms with van der Waals surface area (Å²) < 4.78 is 15.4. The monoisotopic (exact) mass is 655 g/mol. The van der Waals surface area contributed by atoms with Gasteiger partial charge in [0.15, 0.2) is 0 Å². The molecule has 1 saturated carbocycles. The van der Waals surface area contributed by atoms with E-state index >= 15 is 0 Å². The first kappa shape index (κ1) is 27.7. The molecule has 0 N–H and O–H groups in total. The van der Waals surface area contributed by atoms with Crippen LogP contribution >= 0.6 is 0 Å². The highest BCUT2D eigenvalue weighted by atomic mass is 16.3. The van der Waals surface area contributed by atoms with Crippen LogP contribution < -0.4 is 0 Å². The fraction of sp³-hybridized carbons (Fsp3) is 0.125. The number of hydrogen-bond acceptors (Lipinski definition) is 2. The summed E-state index contributed by atoms with van der Waals surface area (Å²) in [5, 5.41) is 7.17. The van der Waals surface area contributed by atoms with Gasteiger partial charge >= 0.3 is 0 Å². The fourth-order valence-electron chi connectivity index (χ4n) is 9.88. The highest BCUT2D eigenvalue weighted by Gasteiger charge is 2.44. The Labute approximate surface area is 294 Å². The Morgan fingerprint density at radius 3 is 1.98 bits per heavy atom. The third-order valence-corrected chi connectivity index (χ3v) is 12.2. The molecule has 0 unspecified atom stereocenters. The zero-order chi connectivity index (χ0) is 33.3. The lowest BCUT2D eigenvalue weighted by atomic mass is 9.68. The lowest BCUT2D eigenvalue weighted by Crippen LogP contribution is -2.27. The van der Waals surface area contributed by atoms with E-state index < -0.39 is 0 Å². The maximum atomic E-state index is 6.71.